The standard InChI is InChI=1S/C14H13ClNOPS/c15-12-4-2-1-3-11(12)14(18-17)16-7-5-13-10(9-16)6-8-19-13/h1-4,6,8,14H,5,7,9H2. The van der Waals surface area contributed by atoms with E-state index in [1.807, 2.05) is 35.6 Å². The van der Waals surface area contributed by atoms with Crippen LogP contribution in [-0.4, -0.2) is 11.4 Å². The van der Waals surface area contributed by atoms with Crippen LogP contribution in [0, 0.1) is 0 Å². The van der Waals surface area contributed by atoms with Gasteiger partial charge in [-0.2, -0.15) is 0 Å². The molecule has 0 saturated heterocycles. The molecule has 3 rings (SSSR count). The fourth-order valence-electron chi connectivity index (χ4n) is 2.48. The minimum Gasteiger partial charge on any atom is -0.282 e. The van der Waals surface area contributed by atoms with Gasteiger partial charge in [0.15, 0.2) is 8.46 Å². The molecule has 0 spiro atoms. The van der Waals surface area contributed by atoms with E-state index in [0.29, 0.717) is 5.02 Å². The van der Waals surface area contributed by atoms with E-state index in [-0.39, 0.29) is 14.2 Å². The van der Waals surface area contributed by atoms with Crippen LogP contribution in [0.15, 0.2) is 35.7 Å². The summed E-state index contributed by atoms with van der Waals surface area (Å²) in [5.41, 5.74) is 2.30. The number of rotatable bonds is 3. The molecule has 0 saturated carbocycles. The molecule has 19 heavy (non-hydrogen) atoms. The normalized spacial score (nSPS) is 17.3. The van der Waals surface area contributed by atoms with Gasteiger partial charge in [-0.05, 0) is 35.1 Å². The highest BCUT2D eigenvalue weighted by atomic mass is 35.5. The summed E-state index contributed by atoms with van der Waals surface area (Å²) in [6.45, 7) is 1.78. The SMILES string of the molecule is O=PC(c1ccccc1Cl)N1CCc2sccc2C1. The van der Waals surface area contributed by atoms with Crippen molar-refractivity contribution in [3.8, 4) is 0 Å². The van der Waals surface area contributed by atoms with E-state index in [2.05, 4.69) is 16.3 Å². The summed E-state index contributed by atoms with van der Waals surface area (Å²) in [5.74, 6) is -0.151. The van der Waals surface area contributed by atoms with Crippen molar-refractivity contribution in [2.45, 2.75) is 18.7 Å². The van der Waals surface area contributed by atoms with Gasteiger partial charge in [0, 0.05) is 23.0 Å². The smallest absolute Gasteiger partial charge is 0.179 e. The fraction of sp³-hybridized carbons (Fsp3) is 0.286. The number of benzene rings is 1. The van der Waals surface area contributed by atoms with Crippen molar-refractivity contribution in [2.24, 2.45) is 0 Å². The molecule has 1 aromatic heterocycles. The first-order chi connectivity index (χ1) is 9.29. The van der Waals surface area contributed by atoms with Crippen LogP contribution in [-0.2, 0) is 17.5 Å². The third-order valence-corrected chi connectivity index (χ3v) is 5.64. The topological polar surface area (TPSA) is 20.3 Å². The average molecular weight is 310 g/mol. The summed E-state index contributed by atoms with van der Waals surface area (Å²) in [7, 11) is 0.106. The zero-order valence-corrected chi connectivity index (χ0v) is 12.7. The van der Waals surface area contributed by atoms with Crippen LogP contribution < -0.4 is 0 Å². The monoisotopic (exact) mass is 309 g/mol. The van der Waals surface area contributed by atoms with Crippen molar-refractivity contribution in [3.05, 3.63) is 56.7 Å². The molecule has 0 N–H and O–H groups in total. The van der Waals surface area contributed by atoms with Crippen LogP contribution >= 0.6 is 31.4 Å². The summed E-state index contributed by atoms with van der Waals surface area (Å²) in [6.07, 6.45) is 1.03. The van der Waals surface area contributed by atoms with Crippen molar-refractivity contribution in [2.75, 3.05) is 6.54 Å². The van der Waals surface area contributed by atoms with Gasteiger partial charge in [-0.15, -0.1) is 11.3 Å². The first-order valence-electron chi connectivity index (χ1n) is 6.16. The lowest BCUT2D eigenvalue weighted by atomic mass is 10.1. The maximum Gasteiger partial charge on any atom is 0.179 e. The molecule has 2 aromatic rings. The largest absolute Gasteiger partial charge is 0.282 e. The molecule has 1 aromatic carbocycles. The van der Waals surface area contributed by atoms with Crippen LogP contribution in [0.2, 0.25) is 5.02 Å². The molecule has 1 aliphatic rings. The number of nitrogens with zero attached hydrogens (tertiary/aromatic N) is 1. The Morgan fingerprint density at radius 3 is 2.95 bits per heavy atom. The van der Waals surface area contributed by atoms with Crippen molar-refractivity contribution >= 4 is 31.4 Å². The quantitative estimate of drug-likeness (QED) is 0.763. The molecule has 1 unspecified atom stereocenters. The molecule has 0 fully saturated rings. The zero-order valence-electron chi connectivity index (χ0n) is 10.3. The van der Waals surface area contributed by atoms with Crippen LogP contribution in [0.25, 0.3) is 0 Å². The van der Waals surface area contributed by atoms with Crippen molar-refractivity contribution in [3.63, 3.8) is 0 Å². The second kappa shape index (κ2) is 5.72. The maximum absolute atomic E-state index is 11.6. The van der Waals surface area contributed by atoms with Crippen molar-refractivity contribution in [1.29, 1.82) is 0 Å². The van der Waals surface area contributed by atoms with E-state index in [1.165, 1.54) is 10.4 Å². The Balaban J connectivity index is 1.89. The Bertz CT molecular complexity index is 601. The van der Waals surface area contributed by atoms with Gasteiger partial charge < -0.3 is 0 Å². The number of thiophene rings is 1. The predicted octanol–water partition coefficient (Wildman–Crippen LogP) is 4.75. The first-order valence-corrected chi connectivity index (χ1v) is 8.29. The Hall–Kier alpha value is -0.730. The molecule has 2 heterocycles. The summed E-state index contributed by atoms with van der Waals surface area (Å²) in [6, 6.07) is 9.82. The van der Waals surface area contributed by atoms with Gasteiger partial charge in [0.05, 0.1) is 0 Å². The molecule has 5 heteroatoms. The van der Waals surface area contributed by atoms with E-state index < -0.39 is 0 Å². The summed E-state index contributed by atoms with van der Waals surface area (Å²) < 4.78 is 11.6. The van der Waals surface area contributed by atoms with Gasteiger partial charge >= 0.3 is 0 Å². The van der Waals surface area contributed by atoms with E-state index in [0.717, 1.165) is 25.1 Å². The minimum atomic E-state index is -0.151. The highest BCUT2D eigenvalue weighted by Gasteiger charge is 2.27. The third-order valence-electron chi connectivity index (χ3n) is 3.47. The summed E-state index contributed by atoms with van der Waals surface area (Å²) in [5, 5.41) is 2.82. The molecule has 2 nitrogen and oxygen atoms in total. The zero-order chi connectivity index (χ0) is 13.2. The van der Waals surface area contributed by atoms with Gasteiger partial charge in [-0.25, -0.2) is 0 Å². The number of halogens is 1. The lowest BCUT2D eigenvalue weighted by Crippen LogP contribution is -2.31. The minimum absolute atomic E-state index is 0.106. The summed E-state index contributed by atoms with van der Waals surface area (Å²) >= 11 is 8.04. The van der Waals surface area contributed by atoms with Gasteiger partial charge in [-0.1, -0.05) is 29.8 Å². The Morgan fingerprint density at radius 2 is 2.16 bits per heavy atom. The predicted molar refractivity (Wildman–Crippen MR) is 80.2 cm³/mol. The molecule has 98 valence electrons. The Kier molecular flexibility index (Phi) is 3.99. The highest BCUT2D eigenvalue weighted by Crippen LogP contribution is 2.38. The van der Waals surface area contributed by atoms with E-state index in [1.54, 1.807) is 0 Å². The van der Waals surface area contributed by atoms with Crippen LogP contribution in [0.5, 0.6) is 0 Å². The van der Waals surface area contributed by atoms with Crippen LogP contribution in [0.4, 0.5) is 0 Å². The van der Waals surface area contributed by atoms with E-state index in [4.69, 9.17) is 11.6 Å². The van der Waals surface area contributed by atoms with Crippen LogP contribution in [0.1, 0.15) is 21.8 Å². The molecule has 1 aliphatic heterocycles. The average Bonchev–Trinajstić information content (AvgIpc) is 2.89. The van der Waals surface area contributed by atoms with E-state index in [9.17, 15) is 4.57 Å². The lowest BCUT2D eigenvalue weighted by Gasteiger charge is -2.31. The van der Waals surface area contributed by atoms with Crippen LogP contribution in [0.3, 0.4) is 0 Å². The van der Waals surface area contributed by atoms with Gasteiger partial charge in [-0.3, -0.25) is 9.46 Å². The van der Waals surface area contributed by atoms with Gasteiger partial charge in [0.25, 0.3) is 0 Å². The molecular weight excluding hydrogens is 297 g/mol. The lowest BCUT2D eigenvalue weighted by molar-refractivity contribution is 0.235. The number of hydrogen-bond donors (Lipinski definition) is 0. The third kappa shape index (κ3) is 2.61. The molecule has 1 atom stereocenters. The van der Waals surface area contributed by atoms with Gasteiger partial charge in [0.1, 0.15) is 5.78 Å². The summed E-state index contributed by atoms with van der Waals surface area (Å²) in [4.78, 5) is 3.70. The van der Waals surface area contributed by atoms with Crippen molar-refractivity contribution < 1.29 is 4.57 Å². The van der Waals surface area contributed by atoms with E-state index >= 15 is 0 Å². The molecule has 0 radical (unpaired) electrons. The molecule has 0 amide bonds. The molecule has 0 aliphatic carbocycles. The highest BCUT2D eigenvalue weighted by molar-refractivity contribution is 7.24. The van der Waals surface area contributed by atoms with Gasteiger partial charge in [0.2, 0.25) is 0 Å². The fourth-order valence-corrected chi connectivity index (χ4v) is 4.36. The second-order valence-electron chi connectivity index (χ2n) is 4.59. The number of hydrogen-bond acceptors (Lipinski definition) is 3. The Labute approximate surface area is 123 Å². The molecular formula is C14H13ClNOPS. The number of fused-ring (bicyclic) bond motifs is 1. The Morgan fingerprint density at radius 1 is 1.32 bits per heavy atom. The maximum atomic E-state index is 11.6. The second-order valence-corrected chi connectivity index (χ2v) is 6.70. The molecule has 0 bridgehead atoms. The first kappa shape index (κ1) is 13.3. The van der Waals surface area contributed by atoms with Crippen molar-refractivity contribution in [1.82, 2.24) is 4.90 Å².